The number of rotatable bonds is 2. The second-order valence-corrected chi connectivity index (χ2v) is 4.65. The minimum atomic E-state index is -0.586. The Balaban J connectivity index is 1.83. The van der Waals surface area contributed by atoms with Gasteiger partial charge in [0.05, 0.1) is 13.2 Å². The van der Waals surface area contributed by atoms with Crippen LogP contribution in [0.15, 0.2) is 24.3 Å². The highest BCUT2D eigenvalue weighted by Crippen LogP contribution is 2.09. The molecule has 0 bridgehead atoms. The Kier molecular flexibility index (Phi) is 4.76. The molecule has 0 radical (unpaired) electrons. The van der Waals surface area contributed by atoms with Gasteiger partial charge in [0.2, 0.25) is 0 Å². The van der Waals surface area contributed by atoms with Gasteiger partial charge in [0.25, 0.3) is 0 Å². The molecule has 102 valence electrons. The SMILES string of the molecule is O=C(NCc1ccc(Cl)cc1)C(=O)N1CCOCC1. The van der Waals surface area contributed by atoms with Gasteiger partial charge in [-0.3, -0.25) is 9.59 Å². The first-order valence-corrected chi connectivity index (χ1v) is 6.44. The second kappa shape index (κ2) is 6.54. The van der Waals surface area contributed by atoms with E-state index in [1.807, 2.05) is 12.1 Å². The third-order valence-corrected chi connectivity index (χ3v) is 3.11. The Morgan fingerprint density at radius 2 is 1.84 bits per heavy atom. The number of carbonyl (C=O) groups excluding carboxylic acids is 2. The van der Waals surface area contributed by atoms with Gasteiger partial charge >= 0.3 is 11.8 Å². The summed E-state index contributed by atoms with van der Waals surface area (Å²) in [6.45, 7) is 2.21. The van der Waals surface area contributed by atoms with Crippen LogP contribution in [0, 0.1) is 0 Å². The lowest BCUT2D eigenvalue weighted by molar-refractivity contribution is -0.148. The Hall–Kier alpha value is -1.59. The summed E-state index contributed by atoms with van der Waals surface area (Å²) in [5.74, 6) is -1.09. The van der Waals surface area contributed by atoms with Crippen molar-refractivity contribution in [3.05, 3.63) is 34.9 Å². The number of morpholine rings is 1. The van der Waals surface area contributed by atoms with E-state index in [9.17, 15) is 9.59 Å². The van der Waals surface area contributed by atoms with Crippen molar-refractivity contribution in [2.45, 2.75) is 6.54 Å². The van der Waals surface area contributed by atoms with Gasteiger partial charge in [0, 0.05) is 24.7 Å². The lowest BCUT2D eigenvalue weighted by atomic mass is 10.2. The number of nitrogens with one attached hydrogen (secondary N) is 1. The molecule has 0 spiro atoms. The molecule has 0 saturated carbocycles. The van der Waals surface area contributed by atoms with E-state index >= 15 is 0 Å². The first kappa shape index (κ1) is 13.8. The summed E-state index contributed by atoms with van der Waals surface area (Å²) < 4.78 is 5.13. The Bertz CT molecular complexity index is 455. The Morgan fingerprint density at radius 3 is 2.47 bits per heavy atom. The maximum Gasteiger partial charge on any atom is 0.312 e. The highest BCUT2D eigenvalue weighted by Gasteiger charge is 2.23. The topological polar surface area (TPSA) is 58.6 Å². The summed E-state index contributed by atoms with van der Waals surface area (Å²) in [5, 5.41) is 3.24. The van der Waals surface area contributed by atoms with Gasteiger partial charge in [0.1, 0.15) is 0 Å². The average molecular weight is 283 g/mol. The van der Waals surface area contributed by atoms with Gasteiger partial charge in [-0.15, -0.1) is 0 Å². The second-order valence-electron chi connectivity index (χ2n) is 4.21. The number of ether oxygens (including phenoxy) is 1. The monoisotopic (exact) mass is 282 g/mol. The van der Waals surface area contributed by atoms with Crippen molar-refractivity contribution in [2.24, 2.45) is 0 Å². The number of benzene rings is 1. The lowest BCUT2D eigenvalue weighted by Gasteiger charge is -2.26. The smallest absolute Gasteiger partial charge is 0.312 e. The molecule has 1 aromatic carbocycles. The third-order valence-electron chi connectivity index (χ3n) is 2.86. The van der Waals surface area contributed by atoms with Crippen molar-refractivity contribution in [2.75, 3.05) is 26.3 Å². The van der Waals surface area contributed by atoms with Crippen LogP contribution in [0.1, 0.15) is 5.56 Å². The van der Waals surface area contributed by atoms with Crippen LogP contribution in [-0.2, 0) is 20.9 Å². The zero-order chi connectivity index (χ0) is 13.7. The largest absolute Gasteiger partial charge is 0.378 e. The van der Waals surface area contributed by atoms with Gasteiger partial charge in [-0.2, -0.15) is 0 Å². The number of amides is 2. The van der Waals surface area contributed by atoms with E-state index in [-0.39, 0.29) is 0 Å². The van der Waals surface area contributed by atoms with Crippen LogP contribution in [0.3, 0.4) is 0 Å². The molecule has 2 amide bonds. The van der Waals surface area contributed by atoms with Gasteiger partial charge in [-0.05, 0) is 17.7 Å². The number of halogens is 1. The molecule has 6 heteroatoms. The molecule has 0 aromatic heterocycles. The molecule has 1 heterocycles. The van der Waals surface area contributed by atoms with E-state index in [0.717, 1.165) is 5.56 Å². The van der Waals surface area contributed by atoms with Crippen molar-refractivity contribution in [1.29, 1.82) is 0 Å². The zero-order valence-corrected chi connectivity index (χ0v) is 11.2. The minimum absolute atomic E-state index is 0.312. The van der Waals surface area contributed by atoms with Crippen LogP contribution >= 0.6 is 11.6 Å². The summed E-state index contributed by atoms with van der Waals surface area (Å²) in [4.78, 5) is 25.0. The summed E-state index contributed by atoms with van der Waals surface area (Å²) in [5.41, 5.74) is 0.896. The fourth-order valence-corrected chi connectivity index (χ4v) is 1.90. The van der Waals surface area contributed by atoms with E-state index in [2.05, 4.69) is 5.32 Å². The number of hydrogen-bond donors (Lipinski definition) is 1. The van der Waals surface area contributed by atoms with Gasteiger partial charge in [-0.1, -0.05) is 23.7 Å². The summed E-state index contributed by atoms with van der Waals surface area (Å²) in [7, 11) is 0. The van der Waals surface area contributed by atoms with E-state index in [0.29, 0.717) is 37.9 Å². The van der Waals surface area contributed by atoms with Gasteiger partial charge in [0.15, 0.2) is 0 Å². The number of hydrogen-bond acceptors (Lipinski definition) is 3. The van der Waals surface area contributed by atoms with Crippen molar-refractivity contribution in [3.63, 3.8) is 0 Å². The molecule has 0 unspecified atom stereocenters. The predicted molar refractivity (Wildman–Crippen MR) is 70.7 cm³/mol. The van der Waals surface area contributed by atoms with Crippen molar-refractivity contribution in [3.8, 4) is 0 Å². The van der Waals surface area contributed by atoms with E-state index in [1.165, 1.54) is 4.90 Å². The minimum Gasteiger partial charge on any atom is -0.378 e. The average Bonchev–Trinajstić information content (AvgIpc) is 2.46. The van der Waals surface area contributed by atoms with E-state index in [4.69, 9.17) is 16.3 Å². The van der Waals surface area contributed by atoms with Crippen LogP contribution in [0.25, 0.3) is 0 Å². The molecule has 1 N–H and O–H groups in total. The molecule has 2 rings (SSSR count). The lowest BCUT2D eigenvalue weighted by Crippen LogP contribution is -2.47. The molecule has 19 heavy (non-hydrogen) atoms. The maximum atomic E-state index is 11.8. The normalized spacial score (nSPS) is 15.1. The van der Waals surface area contributed by atoms with Gasteiger partial charge in [-0.25, -0.2) is 0 Å². The Labute approximate surface area is 116 Å². The first-order chi connectivity index (χ1) is 9.16. The molecular formula is C13H15ClN2O3. The van der Waals surface area contributed by atoms with Crippen LogP contribution in [0.4, 0.5) is 0 Å². The predicted octanol–water partition coefficient (Wildman–Crippen LogP) is 0.815. The summed E-state index contributed by atoms with van der Waals surface area (Å²) in [6.07, 6.45) is 0. The molecule has 0 aliphatic carbocycles. The van der Waals surface area contributed by atoms with Gasteiger partial charge < -0.3 is 15.0 Å². The molecule has 1 fully saturated rings. The molecule has 1 aromatic rings. The highest BCUT2D eigenvalue weighted by atomic mass is 35.5. The van der Waals surface area contributed by atoms with Crippen molar-refractivity contribution < 1.29 is 14.3 Å². The zero-order valence-electron chi connectivity index (χ0n) is 10.4. The standard InChI is InChI=1S/C13H15ClN2O3/c14-11-3-1-10(2-4-11)9-15-12(17)13(18)16-5-7-19-8-6-16/h1-4H,5-9H2,(H,15,17). The number of nitrogens with zero attached hydrogens (tertiary/aromatic N) is 1. The van der Waals surface area contributed by atoms with Crippen molar-refractivity contribution >= 4 is 23.4 Å². The quantitative estimate of drug-likeness (QED) is 0.817. The molecule has 5 nitrogen and oxygen atoms in total. The van der Waals surface area contributed by atoms with Crippen LogP contribution in [-0.4, -0.2) is 43.0 Å². The summed E-state index contributed by atoms with van der Waals surface area (Å²) >= 11 is 5.77. The van der Waals surface area contributed by atoms with Crippen LogP contribution in [0.5, 0.6) is 0 Å². The molecule has 1 saturated heterocycles. The van der Waals surface area contributed by atoms with Crippen LogP contribution in [0.2, 0.25) is 5.02 Å². The molecule has 0 atom stereocenters. The molecule has 1 aliphatic heterocycles. The maximum absolute atomic E-state index is 11.8. The number of carbonyl (C=O) groups is 2. The Morgan fingerprint density at radius 1 is 1.21 bits per heavy atom. The van der Waals surface area contributed by atoms with Crippen LogP contribution < -0.4 is 5.32 Å². The molecular weight excluding hydrogens is 268 g/mol. The third kappa shape index (κ3) is 3.94. The fraction of sp³-hybridized carbons (Fsp3) is 0.385. The van der Waals surface area contributed by atoms with Crippen molar-refractivity contribution in [1.82, 2.24) is 10.2 Å². The fourth-order valence-electron chi connectivity index (χ4n) is 1.77. The van der Waals surface area contributed by atoms with E-state index in [1.54, 1.807) is 12.1 Å². The highest BCUT2D eigenvalue weighted by molar-refractivity contribution is 6.35. The first-order valence-electron chi connectivity index (χ1n) is 6.06. The molecule has 1 aliphatic rings. The van der Waals surface area contributed by atoms with E-state index < -0.39 is 11.8 Å². The summed E-state index contributed by atoms with van der Waals surface area (Å²) in [6, 6.07) is 7.10.